The monoisotopic (exact) mass is 212 g/mol. The second-order valence-electron chi connectivity index (χ2n) is 3.83. The van der Waals surface area contributed by atoms with Gasteiger partial charge in [0.1, 0.15) is 0 Å². The zero-order valence-corrected chi connectivity index (χ0v) is 9.27. The molecule has 0 N–H and O–H groups in total. The summed E-state index contributed by atoms with van der Waals surface area (Å²) >= 11 is 0. The van der Waals surface area contributed by atoms with Crippen LogP contribution < -0.4 is 0 Å². The van der Waals surface area contributed by atoms with Gasteiger partial charge in [0.2, 0.25) is 0 Å². The van der Waals surface area contributed by atoms with E-state index in [0.717, 1.165) is 5.56 Å². The Bertz CT molecular complexity index is 446. The Balaban J connectivity index is 2.96. The molecule has 16 heavy (non-hydrogen) atoms. The molecule has 0 unspecified atom stereocenters. The van der Waals surface area contributed by atoms with Gasteiger partial charge in [-0.2, -0.15) is 10.5 Å². The van der Waals surface area contributed by atoms with Gasteiger partial charge in [0.15, 0.2) is 11.7 Å². The minimum atomic E-state index is -1.20. The van der Waals surface area contributed by atoms with E-state index in [-0.39, 0.29) is 0 Å². The van der Waals surface area contributed by atoms with Gasteiger partial charge in [0.25, 0.3) is 0 Å². The maximum atomic E-state index is 11.6. The molecule has 0 radical (unpaired) electrons. The Morgan fingerprint density at radius 2 is 1.62 bits per heavy atom. The van der Waals surface area contributed by atoms with E-state index in [0.29, 0.717) is 11.5 Å². The number of carbonyl (C=O) groups excluding carboxylic acids is 1. The van der Waals surface area contributed by atoms with Crippen LogP contribution in [0, 0.1) is 28.6 Å². The van der Waals surface area contributed by atoms with Crippen LogP contribution in [0.2, 0.25) is 0 Å². The molecule has 0 heterocycles. The maximum absolute atomic E-state index is 11.6. The molecule has 3 nitrogen and oxygen atoms in total. The number of Topliss-reactive ketones (excluding diaryl/α,β-unsaturated/α-hetero) is 1. The molecule has 3 heteroatoms. The van der Waals surface area contributed by atoms with Crippen molar-refractivity contribution in [3.63, 3.8) is 0 Å². The second kappa shape index (κ2) is 5.09. The first-order valence-corrected chi connectivity index (χ1v) is 5.03. The molecule has 0 fully saturated rings. The summed E-state index contributed by atoms with van der Waals surface area (Å²) in [6.07, 6.45) is 0. The predicted molar refractivity (Wildman–Crippen MR) is 59.6 cm³/mol. The number of hydrogen-bond acceptors (Lipinski definition) is 3. The summed E-state index contributed by atoms with van der Waals surface area (Å²) in [5.74, 6) is -1.24. The molecule has 1 aromatic rings. The molecule has 0 aliphatic heterocycles. The van der Waals surface area contributed by atoms with Crippen LogP contribution in [0.25, 0.3) is 0 Å². The Hall–Kier alpha value is -2.13. The van der Waals surface area contributed by atoms with E-state index in [1.54, 1.807) is 24.3 Å². The topological polar surface area (TPSA) is 64.7 Å². The third-order valence-corrected chi connectivity index (χ3v) is 2.38. The minimum Gasteiger partial charge on any atom is -0.291 e. The first-order valence-electron chi connectivity index (χ1n) is 5.03. The van der Waals surface area contributed by atoms with Crippen molar-refractivity contribution in [1.29, 1.82) is 10.5 Å². The molecule has 1 aromatic carbocycles. The van der Waals surface area contributed by atoms with Crippen molar-refractivity contribution >= 4 is 5.78 Å². The molecule has 0 aliphatic rings. The van der Waals surface area contributed by atoms with Gasteiger partial charge in [0.05, 0.1) is 12.1 Å². The summed E-state index contributed by atoms with van der Waals surface area (Å²) in [5.41, 5.74) is 1.54. The average Bonchev–Trinajstić information content (AvgIpc) is 2.30. The lowest BCUT2D eigenvalue weighted by Crippen LogP contribution is -2.10. The summed E-state index contributed by atoms with van der Waals surface area (Å²) < 4.78 is 0. The molecule has 0 aliphatic carbocycles. The van der Waals surface area contributed by atoms with Crippen molar-refractivity contribution in [3.05, 3.63) is 35.4 Å². The van der Waals surface area contributed by atoms with Crippen LogP contribution in [0.3, 0.4) is 0 Å². The van der Waals surface area contributed by atoms with E-state index in [1.807, 2.05) is 12.1 Å². The van der Waals surface area contributed by atoms with E-state index in [9.17, 15) is 4.79 Å². The molecule has 0 bridgehead atoms. The molecule has 0 spiro atoms. The molecule has 0 saturated heterocycles. The highest BCUT2D eigenvalue weighted by molar-refractivity contribution is 6.00. The van der Waals surface area contributed by atoms with Gasteiger partial charge >= 0.3 is 0 Å². The Kier molecular flexibility index (Phi) is 3.80. The first kappa shape index (κ1) is 11.9. The van der Waals surface area contributed by atoms with Crippen LogP contribution in [0.1, 0.15) is 35.7 Å². The normalized spacial score (nSPS) is 9.88. The number of ketones is 1. The van der Waals surface area contributed by atoms with Crippen LogP contribution in [0.4, 0.5) is 0 Å². The van der Waals surface area contributed by atoms with Crippen LogP contribution in [0.15, 0.2) is 24.3 Å². The van der Waals surface area contributed by atoms with Crippen LogP contribution in [-0.2, 0) is 0 Å². The van der Waals surface area contributed by atoms with E-state index < -0.39 is 11.7 Å². The number of carbonyl (C=O) groups is 1. The fourth-order valence-corrected chi connectivity index (χ4v) is 1.35. The largest absolute Gasteiger partial charge is 0.291 e. The third kappa shape index (κ3) is 2.46. The molecular weight excluding hydrogens is 200 g/mol. The molecule has 1 rings (SSSR count). The van der Waals surface area contributed by atoms with Gasteiger partial charge < -0.3 is 0 Å². The van der Waals surface area contributed by atoms with Gasteiger partial charge in [-0.15, -0.1) is 0 Å². The van der Waals surface area contributed by atoms with Crippen LogP contribution in [-0.4, -0.2) is 5.78 Å². The zero-order chi connectivity index (χ0) is 12.1. The second-order valence-corrected chi connectivity index (χ2v) is 3.83. The lowest BCUT2D eigenvalue weighted by molar-refractivity contribution is 0.0971. The Morgan fingerprint density at radius 3 is 2.00 bits per heavy atom. The van der Waals surface area contributed by atoms with E-state index in [2.05, 4.69) is 13.8 Å². The zero-order valence-electron chi connectivity index (χ0n) is 9.27. The van der Waals surface area contributed by atoms with Gasteiger partial charge in [-0.1, -0.05) is 38.1 Å². The molecule has 0 atom stereocenters. The van der Waals surface area contributed by atoms with E-state index in [4.69, 9.17) is 10.5 Å². The third-order valence-electron chi connectivity index (χ3n) is 2.38. The summed E-state index contributed by atoms with van der Waals surface area (Å²) in [4.78, 5) is 11.6. The summed E-state index contributed by atoms with van der Waals surface area (Å²) in [5, 5.41) is 17.2. The summed E-state index contributed by atoms with van der Waals surface area (Å²) in [6, 6.07) is 10.4. The standard InChI is InChI=1S/C13H12N2O/c1-9(2)10-3-5-11(6-4-10)13(16)12(7-14)8-15/h3-6,9,12H,1-2H3. The highest BCUT2D eigenvalue weighted by Gasteiger charge is 2.18. The quantitative estimate of drug-likeness (QED) is 0.723. The molecular formula is C13H12N2O. The molecule has 0 aromatic heterocycles. The number of hydrogen-bond donors (Lipinski definition) is 0. The predicted octanol–water partition coefficient (Wildman–Crippen LogP) is 2.66. The number of nitrogens with zero attached hydrogens (tertiary/aromatic N) is 2. The maximum Gasteiger partial charge on any atom is 0.195 e. The SMILES string of the molecule is CC(C)c1ccc(C(=O)C(C#N)C#N)cc1. The van der Waals surface area contributed by atoms with Crippen molar-refractivity contribution in [2.24, 2.45) is 5.92 Å². The summed E-state index contributed by atoms with van der Waals surface area (Å²) in [7, 11) is 0. The first-order chi connectivity index (χ1) is 7.60. The van der Waals surface area contributed by atoms with Gasteiger partial charge in [-0.3, -0.25) is 4.79 Å². The van der Waals surface area contributed by atoms with E-state index >= 15 is 0 Å². The average molecular weight is 212 g/mol. The molecule has 0 amide bonds. The summed E-state index contributed by atoms with van der Waals surface area (Å²) in [6.45, 7) is 4.12. The lowest BCUT2D eigenvalue weighted by atomic mass is 9.96. The van der Waals surface area contributed by atoms with Crippen LogP contribution >= 0.6 is 0 Å². The molecule has 0 saturated carbocycles. The number of benzene rings is 1. The number of nitriles is 2. The molecule has 80 valence electrons. The van der Waals surface area contributed by atoms with Crippen molar-refractivity contribution in [1.82, 2.24) is 0 Å². The Labute approximate surface area is 94.9 Å². The van der Waals surface area contributed by atoms with Gasteiger partial charge in [-0.25, -0.2) is 0 Å². The fourth-order valence-electron chi connectivity index (χ4n) is 1.35. The highest BCUT2D eigenvalue weighted by Crippen LogP contribution is 2.16. The fraction of sp³-hybridized carbons (Fsp3) is 0.308. The van der Waals surface area contributed by atoms with Crippen LogP contribution in [0.5, 0.6) is 0 Å². The number of rotatable bonds is 3. The Morgan fingerprint density at radius 1 is 1.12 bits per heavy atom. The van der Waals surface area contributed by atoms with Crippen molar-refractivity contribution < 1.29 is 4.79 Å². The van der Waals surface area contributed by atoms with Gasteiger partial charge in [0, 0.05) is 5.56 Å². The van der Waals surface area contributed by atoms with Crippen molar-refractivity contribution in [2.75, 3.05) is 0 Å². The minimum absolute atomic E-state index is 0.395. The van der Waals surface area contributed by atoms with Crippen molar-refractivity contribution in [3.8, 4) is 12.1 Å². The smallest absolute Gasteiger partial charge is 0.195 e. The highest BCUT2D eigenvalue weighted by atomic mass is 16.1. The lowest BCUT2D eigenvalue weighted by Gasteiger charge is -2.06. The van der Waals surface area contributed by atoms with Crippen molar-refractivity contribution in [2.45, 2.75) is 19.8 Å². The van der Waals surface area contributed by atoms with E-state index in [1.165, 1.54) is 0 Å². The van der Waals surface area contributed by atoms with Gasteiger partial charge in [-0.05, 0) is 11.5 Å².